The number of hydrogen-bond acceptors (Lipinski definition) is 5. The van der Waals surface area contributed by atoms with Crippen molar-refractivity contribution in [3.05, 3.63) is 0 Å². The van der Waals surface area contributed by atoms with Gasteiger partial charge in [0.25, 0.3) is 11.8 Å². The van der Waals surface area contributed by atoms with Gasteiger partial charge in [-0.2, -0.15) is 0 Å². The summed E-state index contributed by atoms with van der Waals surface area (Å²) >= 11 is 1.20. The van der Waals surface area contributed by atoms with Crippen LogP contribution in [0, 0.1) is 11.8 Å². The van der Waals surface area contributed by atoms with Crippen LogP contribution in [-0.2, 0) is 0 Å². The van der Waals surface area contributed by atoms with Crippen molar-refractivity contribution in [1.82, 2.24) is 8.75 Å². The summed E-state index contributed by atoms with van der Waals surface area (Å²) in [5, 5.41) is 0. The van der Waals surface area contributed by atoms with Gasteiger partial charge in [-0.25, -0.2) is 0 Å². The number of halogens is 1. The SMILES string of the molecule is C1CC(COc2nsnc2O[C@]23CC[C@@H](CC2)C3)C1.Cl. The summed E-state index contributed by atoms with van der Waals surface area (Å²) in [6.07, 6.45) is 10.1. The maximum Gasteiger partial charge on any atom is 0.291 e. The molecule has 0 unspecified atom stereocenters. The highest BCUT2D eigenvalue weighted by molar-refractivity contribution is 6.99. The summed E-state index contributed by atoms with van der Waals surface area (Å²) < 4.78 is 20.6. The molecule has 1 heterocycles. The second kappa shape index (κ2) is 5.68. The van der Waals surface area contributed by atoms with Crippen molar-refractivity contribution in [2.24, 2.45) is 11.8 Å². The third-order valence-corrected chi connectivity index (χ3v) is 5.60. The largest absolute Gasteiger partial charge is 0.473 e. The van der Waals surface area contributed by atoms with Crippen LogP contribution < -0.4 is 9.47 Å². The van der Waals surface area contributed by atoms with E-state index in [1.165, 1.54) is 63.1 Å². The maximum absolute atomic E-state index is 6.22. The van der Waals surface area contributed by atoms with Gasteiger partial charge in [0.15, 0.2) is 0 Å². The lowest BCUT2D eigenvalue weighted by atomic mass is 9.86. The zero-order valence-electron chi connectivity index (χ0n) is 11.5. The summed E-state index contributed by atoms with van der Waals surface area (Å²) in [4.78, 5) is 0. The molecule has 1 aromatic heterocycles. The normalized spacial score (nSPS) is 31.7. The van der Waals surface area contributed by atoms with E-state index in [9.17, 15) is 0 Å². The van der Waals surface area contributed by atoms with Crippen LogP contribution in [0.5, 0.6) is 11.8 Å². The fourth-order valence-corrected chi connectivity index (χ4v) is 4.10. The fourth-order valence-electron chi connectivity index (χ4n) is 3.67. The first-order chi connectivity index (χ1) is 9.33. The predicted molar refractivity (Wildman–Crippen MR) is 79.9 cm³/mol. The van der Waals surface area contributed by atoms with Gasteiger partial charge in [-0.05, 0) is 56.8 Å². The molecule has 3 aliphatic rings. The van der Waals surface area contributed by atoms with E-state index in [0.717, 1.165) is 18.4 Å². The van der Waals surface area contributed by atoms with Crippen molar-refractivity contribution in [3.63, 3.8) is 0 Å². The van der Waals surface area contributed by atoms with Gasteiger partial charge in [0.05, 0.1) is 18.3 Å². The van der Waals surface area contributed by atoms with E-state index >= 15 is 0 Å². The Morgan fingerprint density at radius 3 is 2.45 bits per heavy atom. The van der Waals surface area contributed by atoms with Gasteiger partial charge in [-0.1, -0.05) is 6.42 Å². The molecule has 0 N–H and O–H groups in total. The molecule has 0 spiro atoms. The minimum atomic E-state index is 0. The van der Waals surface area contributed by atoms with Crippen molar-refractivity contribution in [1.29, 1.82) is 0 Å². The summed E-state index contributed by atoms with van der Waals surface area (Å²) in [6, 6.07) is 0. The highest BCUT2D eigenvalue weighted by Crippen LogP contribution is 2.50. The topological polar surface area (TPSA) is 44.2 Å². The minimum absolute atomic E-state index is 0. The third kappa shape index (κ3) is 2.62. The second-order valence-electron chi connectivity index (χ2n) is 6.42. The molecule has 6 heteroatoms. The van der Waals surface area contributed by atoms with E-state index in [4.69, 9.17) is 9.47 Å². The fraction of sp³-hybridized carbons (Fsp3) is 0.857. The summed E-state index contributed by atoms with van der Waals surface area (Å²) in [6.45, 7) is 0.775. The van der Waals surface area contributed by atoms with Crippen LogP contribution in [0.25, 0.3) is 0 Å². The summed E-state index contributed by atoms with van der Waals surface area (Å²) in [7, 11) is 0. The van der Waals surface area contributed by atoms with Gasteiger partial charge in [0.2, 0.25) is 0 Å². The van der Waals surface area contributed by atoms with Gasteiger partial charge in [-0.3, -0.25) is 0 Å². The highest BCUT2D eigenvalue weighted by atomic mass is 35.5. The van der Waals surface area contributed by atoms with Crippen LogP contribution >= 0.6 is 24.1 Å². The van der Waals surface area contributed by atoms with Gasteiger partial charge >= 0.3 is 0 Å². The molecule has 1 aromatic rings. The molecule has 3 saturated carbocycles. The molecule has 2 bridgehead atoms. The average Bonchev–Trinajstić information content (AvgIpc) is 3.04. The Kier molecular flexibility index (Phi) is 4.09. The van der Waals surface area contributed by atoms with E-state index in [1.54, 1.807) is 0 Å². The van der Waals surface area contributed by atoms with Crippen LogP contribution in [0.4, 0.5) is 0 Å². The third-order valence-electron chi connectivity index (χ3n) is 5.10. The monoisotopic (exact) mass is 316 g/mol. The number of nitrogens with zero attached hydrogens (tertiary/aromatic N) is 2. The van der Waals surface area contributed by atoms with Crippen molar-refractivity contribution in [2.75, 3.05) is 6.61 Å². The Balaban J connectivity index is 0.00000121. The Morgan fingerprint density at radius 2 is 1.85 bits per heavy atom. The standard InChI is InChI=1S/C14H20N2O2S.ClH/c1-2-11(3-1)9-17-12-13(16-19-15-12)18-14-6-4-10(8-14)5-7-14;/h10-11H,1-9H2;1H/t10-,14+;. The number of fused-ring (bicyclic) bond motifs is 2. The molecule has 0 amide bonds. The van der Waals surface area contributed by atoms with Crippen molar-refractivity contribution in [2.45, 2.75) is 57.0 Å². The minimum Gasteiger partial charge on any atom is -0.473 e. The lowest BCUT2D eigenvalue weighted by Gasteiger charge is -2.27. The van der Waals surface area contributed by atoms with Crippen LogP contribution in [0.15, 0.2) is 0 Å². The molecule has 112 valence electrons. The molecule has 20 heavy (non-hydrogen) atoms. The van der Waals surface area contributed by atoms with Crippen LogP contribution in [-0.4, -0.2) is 21.0 Å². The van der Waals surface area contributed by atoms with Gasteiger partial charge < -0.3 is 9.47 Å². The summed E-state index contributed by atoms with van der Waals surface area (Å²) in [5.74, 6) is 2.87. The zero-order valence-corrected chi connectivity index (χ0v) is 13.2. The van der Waals surface area contributed by atoms with E-state index in [2.05, 4.69) is 8.75 Å². The number of aromatic nitrogens is 2. The van der Waals surface area contributed by atoms with Gasteiger partial charge in [0, 0.05) is 0 Å². The first-order valence-corrected chi connectivity index (χ1v) is 8.20. The average molecular weight is 317 g/mol. The van der Waals surface area contributed by atoms with E-state index < -0.39 is 0 Å². The molecule has 0 saturated heterocycles. The molecule has 0 aliphatic heterocycles. The second-order valence-corrected chi connectivity index (χ2v) is 6.94. The molecule has 3 aliphatic carbocycles. The summed E-state index contributed by atoms with van der Waals surface area (Å²) in [5.41, 5.74) is 0.0506. The van der Waals surface area contributed by atoms with Crippen molar-refractivity contribution >= 4 is 24.1 Å². The zero-order chi connectivity index (χ0) is 12.7. The van der Waals surface area contributed by atoms with E-state index in [1.807, 2.05) is 0 Å². The lowest BCUT2D eigenvalue weighted by molar-refractivity contribution is 0.0681. The Bertz CT molecular complexity index is 456. The molecule has 0 atom stereocenters. The van der Waals surface area contributed by atoms with E-state index in [0.29, 0.717) is 11.8 Å². The highest BCUT2D eigenvalue weighted by Gasteiger charge is 2.47. The molecule has 4 rings (SSSR count). The molecular weight excluding hydrogens is 296 g/mol. The van der Waals surface area contributed by atoms with Crippen molar-refractivity contribution < 1.29 is 9.47 Å². The quantitative estimate of drug-likeness (QED) is 0.827. The number of rotatable bonds is 5. The lowest BCUT2D eigenvalue weighted by Crippen LogP contribution is -2.30. The predicted octanol–water partition coefficient (Wildman–Crippen LogP) is 3.85. The molecule has 0 aromatic carbocycles. The Hall–Kier alpha value is -0.550. The molecule has 0 radical (unpaired) electrons. The first-order valence-electron chi connectivity index (χ1n) is 7.47. The number of hydrogen-bond donors (Lipinski definition) is 0. The first kappa shape index (κ1) is 14.4. The Morgan fingerprint density at radius 1 is 1.10 bits per heavy atom. The van der Waals surface area contributed by atoms with Crippen LogP contribution in [0.2, 0.25) is 0 Å². The smallest absolute Gasteiger partial charge is 0.291 e. The molecule has 3 fully saturated rings. The van der Waals surface area contributed by atoms with Gasteiger partial charge in [0.1, 0.15) is 5.60 Å². The maximum atomic E-state index is 6.22. The van der Waals surface area contributed by atoms with Crippen LogP contribution in [0.1, 0.15) is 51.4 Å². The molecule has 4 nitrogen and oxygen atoms in total. The van der Waals surface area contributed by atoms with E-state index in [-0.39, 0.29) is 18.0 Å². The molecular formula is C14H21ClN2O2S. The Labute approximate surface area is 130 Å². The number of ether oxygens (including phenoxy) is 2. The van der Waals surface area contributed by atoms with Crippen LogP contribution in [0.3, 0.4) is 0 Å². The van der Waals surface area contributed by atoms with Crippen molar-refractivity contribution in [3.8, 4) is 11.8 Å². The van der Waals surface area contributed by atoms with Gasteiger partial charge in [-0.15, -0.1) is 21.2 Å².